The summed E-state index contributed by atoms with van der Waals surface area (Å²) < 4.78 is 60.6. The zero-order valence-corrected chi connectivity index (χ0v) is 20.4. The predicted molar refractivity (Wildman–Crippen MR) is 129 cm³/mol. The number of hydrogen-bond donors (Lipinski definition) is 1. The maximum absolute atomic E-state index is 14.2. The van der Waals surface area contributed by atoms with Crippen molar-refractivity contribution in [3.05, 3.63) is 82.1 Å². The largest absolute Gasteiger partial charge is 0.476 e. The standard InChI is InChI=1S/C25H20ClF2N3O4S/c26-20-14(13-36(33,34)22-16(27)7-4-8-17(22)28)5-3-6-15(20)19-21(18-9-12-30-24(29)31-18)35-25(23(19)32)10-1-2-11-25/h3-9,12H,1-2,10-11,13H2,(H2,29,30,31). The van der Waals surface area contributed by atoms with Gasteiger partial charge in [-0.2, -0.15) is 0 Å². The highest BCUT2D eigenvalue weighted by Crippen LogP contribution is 2.50. The van der Waals surface area contributed by atoms with Crippen LogP contribution < -0.4 is 5.73 Å². The predicted octanol–water partition coefficient (Wildman–Crippen LogP) is 4.74. The minimum absolute atomic E-state index is 0.0133. The van der Waals surface area contributed by atoms with Crippen molar-refractivity contribution in [2.24, 2.45) is 0 Å². The number of anilines is 1. The molecule has 2 aromatic carbocycles. The average molecular weight is 532 g/mol. The van der Waals surface area contributed by atoms with E-state index in [4.69, 9.17) is 22.1 Å². The minimum Gasteiger partial charge on any atom is -0.476 e. The molecule has 1 saturated carbocycles. The summed E-state index contributed by atoms with van der Waals surface area (Å²) >= 11 is 6.66. The van der Waals surface area contributed by atoms with Crippen LogP contribution in [0.4, 0.5) is 14.7 Å². The van der Waals surface area contributed by atoms with Crippen LogP contribution in [0.5, 0.6) is 0 Å². The molecule has 7 nitrogen and oxygen atoms in total. The number of halogens is 3. The molecule has 36 heavy (non-hydrogen) atoms. The summed E-state index contributed by atoms with van der Waals surface area (Å²) in [6.45, 7) is 0. The molecule has 1 spiro atoms. The molecule has 2 heterocycles. The average Bonchev–Trinajstić information content (AvgIpc) is 3.40. The number of benzene rings is 2. The molecule has 0 atom stereocenters. The fourth-order valence-electron chi connectivity index (χ4n) is 4.77. The van der Waals surface area contributed by atoms with E-state index in [0.717, 1.165) is 31.0 Å². The van der Waals surface area contributed by atoms with E-state index in [9.17, 15) is 22.0 Å². The Labute approximate surface area is 210 Å². The molecule has 11 heteroatoms. The van der Waals surface area contributed by atoms with Crippen LogP contribution in [-0.2, 0) is 25.1 Å². The number of nitrogen functional groups attached to an aromatic ring is 1. The molecule has 2 N–H and O–H groups in total. The highest BCUT2D eigenvalue weighted by Gasteiger charge is 2.52. The number of rotatable bonds is 5. The van der Waals surface area contributed by atoms with Crippen molar-refractivity contribution in [1.29, 1.82) is 0 Å². The number of carbonyl (C=O) groups is 1. The minimum atomic E-state index is -4.45. The van der Waals surface area contributed by atoms with Crippen molar-refractivity contribution < 1.29 is 26.7 Å². The van der Waals surface area contributed by atoms with Gasteiger partial charge in [0.05, 0.1) is 16.3 Å². The smallest absolute Gasteiger partial charge is 0.220 e. The molecule has 1 aromatic heterocycles. The fraction of sp³-hybridized carbons (Fsp3) is 0.240. The van der Waals surface area contributed by atoms with Gasteiger partial charge in [-0.1, -0.05) is 35.9 Å². The summed E-state index contributed by atoms with van der Waals surface area (Å²) in [5.74, 6) is -3.29. The SMILES string of the molecule is Nc1nccc(C2=C(c3cccc(CS(=O)(=O)c4c(F)cccc4F)c3Cl)C(=O)C3(CCCC3)O2)n1. The molecule has 0 unspecified atom stereocenters. The number of Topliss-reactive ketones (excluding diaryl/α,β-unsaturated/α-hetero) is 1. The van der Waals surface area contributed by atoms with Crippen molar-refractivity contribution >= 4 is 44.5 Å². The molecule has 5 rings (SSSR count). The molecule has 2 aliphatic rings. The highest BCUT2D eigenvalue weighted by molar-refractivity contribution is 7.90. The lowest BCUT2D eigenvalue weighted by molar-refractivity contribution is -0.127. The quantitative estimate of drug-likeness (QED) is 0.506. The molecule has 1 fully saturated rings. The number of nitrogens with zero attached hydrogens (tertiary/aromatic N) is 2. The lowest BCUT2D eigenvalue weighted by atomic mass is 9.89. The Morgan fingerprint density at radius 3 is 2.39 bits per heavy atom. The molecular formula is C25H20ClF2N3O4S. The van der Waals surface area contributed by atoms with E-state index in [0.29, 0.717) is 12.8 Å². The van der Waals surface area contributed by atoms with Crippen molar-refractivity contribution in [1.82, 2.24) is 9.97 Å². The number of ether oxygens (including phenoxy) is 1. The molecule has 0 radical (unpaired) electrons. The Morgan fingerprint density at radius 2 is 1.72 bits per heavy atom. The van der Waals surface area contributed by atoms with E-state index in [-0.39, 0.29) is 44.9 Å². The van der Waals surface area contributed by atoms with E-state index in [1.54, 1.807) is 12.1 Å². The van der Waals surface area contributed by atoms with E-state index < -0.39 is 37.7 Å². The summed E-state index contributed by atoms with van der Waals surface area (Å²) in [5, 5.41) is -0.0423. The fourth-order valence-corrected chi connectivity index (χ4v) is 6.66. The van der Waals surface area contributed by atoms with Gasteiger partial charge in [0.25, 0.3) is 0 Å². The zero-order valence-electron chi connectivity index (χ0n) is 18.8. The number of ketones is 1. The highest BCUT2D eigenvalue weighted by atomic mass is 35.5. The van der Waals surface area contributed by atoms with Crippen LogP contribution in [0.15, 0.2) is 53.6 Å². The van der Waals surface area contributed by atoms with Gasteiger partial charge < -0.3 is 10.5 Å². The van der Waals surface area contributed by atoms with Crippen LogP contribution in [0.25, 0.3) is 11.3 Å². The summed E-state index contributed by atoms with van der Waals surface area (Å²) in [4.78, 5) is 20.8. The number of hydrogen-bond acceptors (Lipinski definition) is 7. The molecular weight excluding hydrogens is 512 g/mol. The molecule has 0 bridgehead atoms. The van der Waals surface area contributed by atoms with Gasteiger partial charge in [0.2, 0.25) is 11.7 Å². The van der Waals surface area contributed by atoms with Crippen molar-refractivity contribution in [2.45, 2.75) is 41.9 Å². The van der Waals surface area contributed by atoms with Gasteiger partial charge in [-0.25, -0.2) is 27.2 Å². The Balaban J connectivity index is 1.63. The molecule has 0 saturated heterocycles. The maximum atomic E-state index is 14.2. The van der Waals surface area contributed by atoms with Gasteiger partial charge in [0.15, 0.2) is 21.2 Å². The summed E-state index contributed by atoms with van der Waals surface area (Å²) in [7, 11) is -4.45. The second-order valence-corrected chi connectivity index (χ2v) is 11.0. The molecule has 186 valence electrons. The number of carbonyl (C=O) groups excluding carboxylic acids is 1. The Hall–Kier alpha value is -3.37. The first-order chi connectivity index (χ1) is 17.1. The van der Waals surface area contributed by atoms with Crippen molar-refractivity contribution in [3.8, 4) is 0 Å². The van der Waals surface area contributed by atoms with E-state index in [1.165, 1.54) is 18.3 Å². The van der Waals surface area contributed by atoms with Crippen LogP contribution in [0.3, 0.4) is 0 Å². The zero-order chi connectivity index (χ0) is 25.7. The van der Waals surface area contributed by atoms with Crippen molar-refractivity contribution in [2.75, 3.05) is 5.73 Å². The third-order valence-corrected chi connectivity index (χ3v) is 8.56. The van der Waals surface area contributed by atoms with Gasteiger partial charge in [0, 0.05) is 11.8 Å². The van der Waals surface area contributed by atoms with Crippen molar-refractivity contribution in [3.63, 3.8) is 0 Å². The summed E-state index contributed by atoms with van der Waals surface area (Å²) in [6, 6.07) is 8.89. The number of sulfone groups is 1. The van der Waals surface area contributed by atoms with E-state index in [2.05, 4.69) is 9.97 Å². The molecule has 1 aliphatic heterocycles. The second kappa shape index (κ2) is 8.94. The lowest BCUT2D eigenvalue weighted by Gasteiger charge is -2.22. The van der Waals surface area contributed by atoms with Crippen LogP contribution >= 0.6 is 11.6 Å². The Kier molecular flexibility index (Phi) is 6.04. The second-order valence-electron chi connectivity index (χ2n) is 8.73. The topological polar surface area (TPSA) is 112 Å². The van der Waals surface area contributed by atoms with Gasteiger partial charge in [-0.15, -0.1) is 0 Å². The molecule has 0 amide bonds. The lowest BCUT2D eigenvalue weighted by Crippen LogP contribution is -2.33. The number of nitrogens with two attached hydrogens (primary N) is 1. The van der Waals surface area contributed by atoms with Gasteiger partial charge in [0.1, 0.15) is 22.2 Å². The van der Waals surface area contributed by atoms with Gasteiger partial charge >= 0.3 is 0 Å². The molecule has 3 aromatic rings. The van der Waals surface area contributed by atoms with E-state index in [1.807, 2.05) is 0 Å². The van der Waals surface area contributed by atoms with Gasteiger partial charge in [-0.05, 0) is 49.4 Å². The van der Waals surface area contributed by atoms with Crippen LogP contribution in [0.2, 0.25) is 5.02 Å². The third kappa shape index (κ3) is 4.04. The number of aromatic nitrogens is 2. The first-order valence-corrected chi connectivity index (χ1v) is 13.2. The molecule has 1 aliphatic carbocycles. The summed E-state index contributed by atoms with van der Waals surface area (Å²) in [5.41, 5.74) is 5.44. The normalized spacial score (nSPS) is 17.1. The summed E-state index contributed by atoms with van der Waals surface area (Å²) in [6.07, 6.45) is 4.06. The first kappa shape index (κ1) is 24.3. The van der Waals surface area contributed by atoms with E-state index >= 15 is 0 Å². The van der Waals surface area contributed by atoms with Crippen LogP contribution in [-0.4, -0.2) is 29.8 Å². The maximum Gasteiger partial charge on any atom is 0.220 e. The first-order valence-electron chi connectivity index (χ1n) is 11.1. The van der Waals surface area contributed by atoms with Crippen LogP contribution in [0, 0.1) is 11.6 Å². The Bertz CT molecular complexity index is 1520. The third-order valence-electron chi connectivity index (χ3n) is 6.41. The van der Waals surface area contributed by atoms with Crippen LogP contribution in [0.1, 0.15) is 42.5 Å². The van der Waals surface area contributed by atoms with Gasteiger partial charge in [-0.3, -0.25) is 4.79 Å². The Morgan fingerprint density at radius 1 is 1.06 bits per heavy atom. The monoisotopic (exact) mass is 531 g/mol.